The number of carboxylic acids is 1. The molecule has 0 aliphatic heterocycles. The standard InChI is InChI=1S/C14H21NO5S/c1-10-6-7-12(9-11(10)2)21(18,19)15-13(14(16)17)5-4-8-20-3/h6-7,9,13,15H,4-5,8H2,1-3H3,(H,16,17). The molecule has 21 heavy (non-hydrogen) atoms. The van der Waals surface area contributed by atoms with Gasteiger partial charge >= 0.3 is 5.97 Å². The highest BCUT2D eigenvalue weighted by molar-refractivity contribution is 7.89. The molecule has 0 spiro atoms. The summed E-state index contributed by atoms with van der Waals surface area (Å²) < 4.78 is 31.6. The maximum atomic E-state index is 12.2. The van der Waals surface area contributed by atoms with Gasteiger partial charge in [-0.15, -0.1) is 0 Å². The highest BCUT2D eigenvalue weighted by Gasteiger charge is 2.25. The zero-order valence-electron chi connectivity index (χ0n) is 12.4. The normalized spacial score (nSPS) is 13.1. The van der Waals surface area contributed by atoms with Gasteiger partial charge in [-0.1, -0.05) is 6.07 Å². The van der Waals surface area contributed by atoms with Gasteiger partial charge < -0.3 is 9.84 Å². The minimum atomic E-state index is -3.85. The van der Waals surface area contributed by atoms with E-state index in [9.17, 15) is 13.2 Å². The van der Waals surface area contributed by atoms with Gasteiger partial charge in [0.2, 0.25) is 10.0 Å². The predicted molar refractivity (Wildman–Crippen MR) is 78.8 cm³/mol. The molecule has 0 saturated heterocycles. The van der Waals surface area contributed by atoms with Crippen LogP contribution < -0.4 is 4.72 Å². The number of rotatable bonds is 8. The van der Waals surface area contributed by atoms with E-state index in [4.69, 9.17) is 9.84 Å². The van der Waals surface area contributed by atoms with Gasteiger partial charge in [-0.25, -0.2) is 8.42 Å². The molecular weight excluding hydrogens is 294 g/mol. The van der Waals surface area contributed by atoms with Gasteiger partial charge in [-0.3, -0.25) is 4.79 Å². The lowest BCUT2D eigenvalue weighted by Crippen LogP contribution is -2.40. The summed E-state index contributed by atoms with van der Waals surface area (Å²) in [5.41, 5.74) is 1.81. The number of carbonyl (C=O) groups is 1. The van der Waals surface area contributed by atoms with Gasteiger partial charge in [-0.2, -0.15) is 4.72 Å². The number of methoxy groups -OCH3 is 1. The van der Waals surface area contributed by atoms with E-state index in [2.05, 4.69) is 4.72 Å². The van der Waals surface area contributed by atoms with Crippen molar-refractivity contribution in [1.82, 2.24) is 4.72 Å². The summed E-state index contributed by atoms with van der Waals surface area (Å²) in [5, 5.41) is 9.11. The first-order chi connectivity index (χ1) is 9.77. The van der Waals surface area contributed by atoms with Gasteiger partial charge in [0, 0.05) is 13.7 Å². The molecule has 2 N–H and O–H groups in total. The average Bonchev–Trinajstić information content (AvgIpc) is 2.40. The van der Waals surface area contributed by atoms with E-state index < -0.39 is 22.0 Å². The van der Waals surface area contributed by atoms with Crippen LogP contribution in [0.2, 0.25) is 0 Å². The molecule has 0 heterocycles. The summed E-state index contributed by atoms with van der Waals surface area (Å²) in [7, 11) is -2.34. The lowest BCUT2D eigenvalue weighted by atomic mass is 10.1. The van der Waals surface area contributed by atoms with Gasteiger partial charge in [0.05, 0.1) is 4.90 Å². The molecule has 0 aromatic heterocycles. The van der Waals surface area contributed by atoms with Crippen molar-refractivity contribution in [3.8, 4) is 0 Å². The first-order valence-corrected chi connectivity index (χ1v) is 8.07. The molecule has 1 unspecified atom stereocenters. The summed E-state index contributed by atoms with van der Waals surface area (Å²) in [6.07, 6.45) is 0.635. The van der Waals surface area contributed by atoms with Crippen molar-refractivity contribution < 1.29 is 23.1 Å². The Morgan fingerprint density at radius 3 is 2.52 bits per heavy atom. The Morgan fingerprint density at radius 1 is 1.33 bits per heavy atom. The largest absolute Gasteiger partial charge is 0.480 e. The Labute approximate surface area is 125 Å². The number of benzene rings is 1. The Hall–Kier alpha value is -1.44. The fraction of sp³-hybridized carbons (Fsp3) is 0.500. The van der Waals surface area contributed by atoms with Gasteiger partial charge in [0.15, 0.2) is 0 Å². The molecular formula is C14H21NO5S. The van der Waals surface area contributed by atoms with E-state index in [0.29, 0.717) is 13.0 Å². The van der Waals surface area contributed by atoms with Crippen LogP contribution >= 0.6 is 0 Å². The third-order valence-electron chi connectivity index (χ3n) is 3.23. The van der Waals surface area contributed by atoms with Crippen LogP contribution in [0.1, 0.15) is 24.0 Å². The number of hydrogen-bond acceptors (Lipinski definition) is 4. The second-order valence-electron chi connectivity index (χ2n) is 4.89. The molecule has 0 radical (unpaired) electrons. The van der Waals surface area contributed by atoms with Crippen molar-refractivity contribution in [2.75, 3.05) is 13.7 Å². The molecule has 1 atom stereocenters. The monoisotopic (exact) mass is 315 g/mol. The SMILES string of the molecule is COCCCC(NS(=O)(=O)c1ccc(C)c(C)c1)C(=O)O. The number of hydrogen-bond donors (Lipinski definition) is 2. The Morgan fingerprint density at radius 2 is 2.00 bits per heavy atom. The van der Waals surface area contributed by atoms with E-state index >= 15 is 0 Å². The van der Waals surface area contributed by atoms with Crippen molar-refractivity contribution in [2.24, 2.45) is 0 Å². The number of nitrogens with one attached hydrogen (secondary N) is 1. The van der Waals surface area contributed by atoms with Crippen LogP contribution in [0.5, 0.6) is 0 Å². The number of aliphatic carboxylic acids is 1. The molecule has 0 aliphatic rings. The molecule has 0 bridgehead atoms. The van der Waals surface area contributed by atoms with Gasteiger partial charge in [-0.05, 0) is 49.9 Å². The fourth-order valence-electron chi connectivity index (χ4n) is 1.80. The molecule has 1 aromatic rings. The number of aryl methyl sites for hydroxylation is 2. The summed E-state index contributed by atoms with van der Waals surface area (Å²) in [6, 6.07) is 3.54. The number of sulfonamides is 1. The smallest absolute Gasteiger partial charge is 0.321 e. The average molecular weight is 315 g/mol. The molecule has 118 valence electrons. The summed E-state index contributed by atoms with van der Waals surface area (Å²) >= 11 is 0. The van der Waals surface area contributed by atoms with Crippen LogP contribution in [0.25, 0.3) is 0 Å². The zero-order chi connectivity index (χ0) is 16.0. The predicted octanol–water partition coefficient (Wildman–Crippen LogP) is 1.46. The molecule has 0 saturated carbocycles. The fourth-order valence-corrected chi connectivity index (χ4v) is 3.11. The molecule has 7 heteroatoms. The first kappa shape index (κ1) is 17.6. The van der Waals surface area contributed by atoms with Crippen molar-refractivity contribution in [3.63, 3.8) is 0 Å². The van der Waals surface area contributed by atoms with Crippen LogP contribution in [-0.2, 0) is 19.6 Å². The van der Waals surface area contributed by atoms with Crippen molar-refractivity contribution in [2.45, 2.75) is 37.6 Å². The molecule has 6 nitrogen and oxygen atoms in total. The van der Waals surface area contributed by atoms with E-state index in [1.165, 1.54) is 19.2 Å². The Kier molecular flexibility index (Phi) is 6.32. The van der Waals surface area contributed by atoms with Crippen LogP contribution in [0.4, 0.5) is 0 Å². The van der Waals surface area contributed by atoms with Crippen LogP contribution in [-0.4, -0.2) is 39.3 Å². The Bertz CT molecular complexity index is 597. The van der Waals surface area contributed by atoms with E-state index in [1.807, 2.05) is 13.8 Å². The molecule has 0 amide bonds. The second-order valence-corrected chi connectivity index (χ2v) is 6.61. The minimum absolute atomic E-state index is 0.0728. The Balaban J connectivity index is 2.89. The van der Waals surface area contributed by atoms with Crippen molar-refractivity contribution in [3.05, 3.63) is 29.3 Å². The third kappa shape index (κ3) is 5.11. The maximum Gasteiger partial charge on any atom is 0.321 e. The van der Waals surface area contributed by atoms with Crippen molar-refractivity contribution >= 4 is 16.0 Å². The van der Waals surface area contributed by atoms with Gasteiger partial charge in [0.1, 0.15) is 6.04 Å². The van der Waals surface area contributed by atoms with Crippen LogP contribution in [0.15, 0.2) is 23.1 Å². The quantitative estimate of drug-likeness (QED) is 0.709. The van der Waals surface area contributed by atoms with Gasteiger partial charge in [0.25, 0.3) is 0 Å². The minimum Gasteiger partial charge on any atom is -0.480 e. The zero-order valence-corrected chi connectivity index (χ0v) is 13.2. The van der Waals surface area contributed by atoms with E-state index in [1.54, 1.807) is 6.07 Å². The third-order valence-corrected chi connectivity index (χ3v) is 4.69. The highest BCUT2D eigenvalue weighted by Crippen LogP contribution is 2.15. The summed E-state index contributed by atoms with van der Waals surface area (Å²) in [4.78, 5) is 11.2. The maximum absolute atomic E-state index is 12.2. The topological polar surface area (TPSA) is 92.7 Å². The van der Waals surface area contributed by atoms with E-state index in [0.717, 1.165) is 11.1 Å². The molecule has 1 rings (SSSR count). The van der Waals surface area contributed by atoms with Crippen LogP contribution in [0, 0.1) is 13.8 Å². The van der Waals surface area contributed by atoms with E-state index in [-0.39, 0.29) is 11.3 Å². The second kappa shape index (κ2) is 7.53. The first-order valence-electron chi connectivity index (χ1n) is 6.59. The lowest BCUT2D eigenvalue weighted by molar-refractivity contribution is -0.139. The molecule has 1 aromatic carbocycles. The van der Waals surface area contributed by atoms with Crippen molar-refractivity contribution in [1.29, 1.82) is 0 Å². The summed E-state index contributed by atoms with van der Waals surface area (Å²) in [6.45, 7) is 4.07. The lowest BCUT2D eigenvalue weighted by Gasteiger charge is -2.15. The number of ether oxygens (including phenoxy) is 1. The molecule has 0 fully saturated rings. The molecule has 0 aliphatic carbocycles. The van der Waals surface area contributed by atoms with Crippen LogP contribution in [0.3, 0.4) is 0 Å². The highest BCUT2D eigenvalue weighted by atomic mass is 32.2. The summed E-state index contributed by atoms with van der Waals surface area (Å²) in [5.74, 6) is -1.20. The number of carboxylic acid groups (broad SMARTS) is 1.